The molecule has 0 aliphatic carbocycles. The van der Waals surface area contributed by atoms with Gasteiger partial charge in [0.2, 0.25) is 0 Å². The summed E-state index contributed by atoms with van der Waals surface area (Å²) in [5.41, 5.74) is 5.96. The summed E-state index contributed by atoms with van der Waals surface area (Å²) in [5.74, 6) is 2.39. The Bertz CT molecular complexity index is 969. The first-order valence-electron chi connectivity index (χ1n) is 9.46. The SMILES string of the molecule is COc1cc2c(cc1OC)C(c1cc(-c3ccccc3)ccc1OC)NCC2. The summed E-state index contributed by atoms with van der Waals surface area (Å²) in [6.45, 7) is 0.895. The third-order valence-corrected chi connectivity index (χ3v) is 5.35. The molecule has 1 N–H and O–H groups in total. The minimum Gasteiger partial charge on any atom is -0.496 e. The van der Waals surface area contributed by atoms with Crippen LogP contribution in [0.1, 0.15) is 22.7 Å². The highest BCUT2D eigenvalue weighted by atomic mass is 16.5. The second-order valence-electron chi connectivity index (χ2n) is 6.87. The van der Waals surface area contributed by atoms with Gasteiger partial charge in [0.1, 0.15) is 5.75 Å². The van der Waals surface area contributed by atoms with Gasteiger partial charge in [-0.3, -0.25) is 0 Å². The Morgan fingerprint density at radius 3 is 2.14 bits per heavy atom. The van der Waals surface area contributed by atoms with Crippen LogP contribution in [0.25, 0.3) is 11.1 Å². The molecule has 1 aliphatic heterocycles. The maximum absolute atomic E-state index is 5.71. The van der Waals surface area contributed by atoms with E-state index in [1.807, 2.05) is 12.1 Å². The third kappa shape index (κ3) is 3.32. The van der Waals surface area contributed by atoms with Crippen LogP contribution in [-0.4, -0.2) is 27.9 Å². The Kier molecular flexibility index (Phi) is 5.22. The van der Waals surface area contributed by atoms with Gasteiger partial charge in [-0.05, 0) is 52.9 Å². The van der Waals surface area contributed by atoms with E-state index in [0.29, 0.717) is 0 Å². The fraction of sp³-hybridized carbons (Fsp3) is 0.250. The van der Waals surface area contributed by atoms with Gasteiger partial charge in [-0.2, -0.15) is 0 Å². The van der Waals surface area contributed by atoms with E-state index in [1.165, 1.54) is 22.3 Å². The minimum atomic E-state index is 0.0298. The van der Waals surface area contributed by atoms with Crippen LogP contribution in [0.4, 0.5) is 0 Å². The van der Waals surface area contributed by atoms with Gasteiger partial charge in [0, 0.05) is 12.1 Å². The van der Waals surface area contributed by atoms with Crippen LogP contribution in [0.15, 0.2) is 60.7 Å². The van der Waals surface area contributed by atoms with Crippen LogP contribution in [0.5, 0.6) is 17.2 Å². The van der Waals surface area contributed by atoms with Crippen molar-refractivity contribution in [2.45, 2.75) is 12.5 Å². The number of fused-ring (bicyclic) bond motifs is 1. The predicted octanol–water partition coefficient (Wildman–Crippen LogP) is 4.61. The topological polar surface area (TPSA) is 39.7 Å². The van der Waals surface area contributed by atoms with E-state index in [9.17, 15) is 0 Å². The Labute approximate surface area is 166 Å². The first-order valence-corrected chi connectivity index (χ1v) is 9.46. The van der Waals surface area contributed by atoms with Gasteiger partial charge in [0.05, 0.1) is 27.4 Å². The lowest BCUT2D eigenvalue weighted by molar-refractivity contribution is 0.352. The highest BCUT2D eigenvalue weighted by Gasteiger charge is 2.26. The Hall–Kier alpha value is -2.98. The highest BCUT2D eigenvalue weighted by molar-refractivity contribution is 5.67. The van der Waals surface area contributed by atoms with Crippen LogP contribution in [0.3, 0.4) is 0 Å². The van der Waals surface area contributed by atoms with Crippen LogP contribution >= 0.6 is 0 Å². The van der Waals surface area contributed by atoms with Gasteiger partial charge in [0.25, 0.3) is 0 Å². The van der Waals surface area contributed by atoms with Crippen molar-refractivity contribution < 1.29 is 14.2 Å². The molecule has 1 unspecified atom stereocenters. The van der Waals surface area contributed by atoms with Crippen molar-refractivity contribution in [2.75, 3.05) is 27.9 Å². The summed E-state index contributed by atoms with van der Waals surface area (Å²) in [5, 5.41) is 3.66. The summed E-state index contributed by atoms with van der Waals surface area (Å²) in [6.07, 6.45) is 0.951. The quantitative estimate of drug-likeness (QED) is 0.707. The molecule has 4 rings (SSSR count). The van der Waals surface area contributed by atoms with Gasteiger partial charge >= 0.3 is 0 Å². The van der Waals surface area contributed by atoms with Crippen molar-refractivity contribution in [3.05, 3.63) is 77.4 Å². The van der Waals surface area contributed by atoms with Crippen molar-refractivity contribution in [3.63, 3.8) is 0 Å². The molecular weight excluding hydrogens is 350 g/mol. The van der Waals surface area contributed by atoms with Crippen LogP contribution < -0.4 is 19.5 Å². The first kappa shape index (κ1) is 18.4. The highest BCUT2D eigenvalue weighted by Crippen LogP contribution is 2.40. The predicted molar refractivity (Wildman–Crippen MR) is 112 cm³/mol. The fourth-order valence-electron chi connectivity index (χ4n) is 3.93. The maximum Gasteiger partial charge on any atom is 0.161 e. The van der Waals surface area contributed by atoms with E-state index >= 15 is 0 Å². The van der Waals surface area contributed by atoms with Crippen LogP contribution in [-0.2, 0) is 6.42 Å². The van der Waals surface area contributed by atoms with Gasteiger partial charge in [-0.15, -0.1) is 0 Å². The number of hydrogen-bond donors (Lipinski definition) is 1. The molecule has 1 aliphatic rings. The number of benzene rings is 3. The summed E-state index contributed by atoms with van der Waals surface area (Å²) in [7, 11) is 5.07. The van der Waals surface area contributed by atoms with E-state index in [0.717, 1.165) is 35.8 Å². The third-order valence-electron chi connectivity index (χ3n) is 5.35. The normalized spacial score (nSPS) is 15.6. The number of ether oxygens (including phenoxy) is 3. The summed E-state index contributed by atoms with van der Waals surface area (Å²) in [6, 6.07) is 21.0. The number of rotatable bonds is 5. The average molecular weight is 375 g/mol. The van der Waals surface area contributed by atoms with Crippen LogP contribution in [0.2, 0.25) is 0 Å². The minimum absolute atomic E-state index is 0.0298. The lowest BCUT2D eigenvalue weighted by Crippen LogP contribution is -2.31. The molecule has 3 aromatic rings. The monoisotopic (exact) mass is 375 g/mol. The summed E-state index contributed by atoms with van der Waals surface area (Å²) in [4.78, 5) is 0. The van der Waals surface area contributed by atoms with E-state index in [-0.39, 0.29) is 6.04 Å². The molecule has 0 amide bonds. The van der Waals surface area contributed by atoms with Gasteiger partial charge in [0.15, 0.2) is 11.5 Å². The van der Waals surface area contributed by atoms with Gasteiger partial charge < -0.3 is 19.5 Å². The van der Waals surface area contributed by atoms with Crippen molar-refractivity contribution >= 4 is 0 Å². The molecule has 28 heavy (non-hydrogen) atoms. The molecule has 0 saturated carbocycles. The smallest absolute Gasteiger partial charge is 0.161 e. The second-order valence-corrected chi connectivity index (χ2v) is 6.87. The number of hydrogen-bond acceptors (Lipinski definition) is 4. The van der Waals surface area contributed by atoms with Crippen LogP contribution in [0, 0.1) is 0 Å². The molecule has 0 bridgehead atoms. The van der Waals surface area contributed by atoms with Crippen molar-refractivity contribution in [1.29, 1.82) is 0 Å². The zero-order valence-electron chi connectivity index (χ0n) is 16.5. The largest absolute Gasteiger partial charge is 0.496 e. The number of nitrogens with one attached hydrogen (secondary N) is 1. The molecule has 1 heterocycles. The molecule has 4 nitrogen and oxygen atoms in total. The van der Waals surface area contributed by atoms with E-state index in [1.54, 1.807) is 21.3 Å². The van der Waals surface area contributed by atoms with Crippen molar-refractivity contribution in [2.24, 2.45) is 0 Å². The molecule has 3 aromatic carbocycles. The fourth-order valence-corrected chi connectivity index (χ4v) is 3.93. The van der Waals surface area contributed by atoms with Gasteiger partial charge in [-0.25, -0.2) is 0 Å². The van der Waals surface area contributed by atoms with Crippen molar-refractivity contribution in [3.8, 4) is 28.4 Å². The molecule has 0 saturated heterocycles. The van der Waals surface area contributed by atoms with Crippen molar-refractivity contribution in [1.82, 2.24) is 5.32 Å². The zero-order chi connectivity index (χ0) is 19.5. The van der Waals surface area contributed by atoms with E-state index in [2.05, 4.69) is 53.8 Å². The van der Waals surface area contributed by atoms with E-state index < -0.39 is 0 Å². The van der Waals surface area contributed by atoms with E-state index in [4.69, 9.17) is 14.2 Å². The Balaban J connectivity index is 1.84. The lowest BCUT2D eigenvalue weighted by Gasteiger charge is -2.30. The second kappa shape index (κ2) is 7.95. The molecule has 1 atom stereocenters. The molecule has 0 aromatic heterocycles. The molecular formula is C24H25NO3. The molecule has 0 spiro atoms. The molecule has 4 heteroatoms. The molecule has 0 fully saturated rings. The zero-order valence-corrected chi connectivity index (χ0v) is 16.5. The molecule has 144 valence electrons. The van der Waals surface area contributed by atoms with Gasteiger partial charge in [-0.1, -0.05) is 36.4 Å². The molecule has 0 radical (unpaired) electrons. The number of methoxy groups -OCH3 is 3. The average Bonchev–Trinajstić information content (AvgIpc) is 2.77. The Morgan fingerprint density at radius 2 is 1.43 bits per heavy atom. The maximum atomic E-state index is 5.71. The lowest BCUT2D eigenvalue weighted by atomic mass is 9.87. The summed E-state index contributed by atoms with van der Waals surface area (Å²) >= 11 is 0. The standard InChI is InChI=1S/C24H25NO3/c1-26-21-10-9-17(16-7-5-4-6-8-16)13-20(21)24-19-15-23(28-3)22(27-2)14-18(19)11-12-25-24/h4-10,13-15,24-25H,11-12H2,1-3H3. The first-order chi connectivity index (χ1) is 13.7. The summed E-state index contributed by atoms with van der Waals surface area (Å²) < 4.78 is 16.8. The Morgan fingerprint density at radius 1 is 0.714 bits per heavy atom.